The maximum atomic E-state index is 12.8. The van der Waals surface area contributed by atoms with E-state index in [4.69, 9.17) is 4.74 Å². The number of hydrogen-bond donors (Lipinski definition) is 4. The number of hydrogen-bond acceptors (Lipinski definition) is 8. The zero-order valence-electron chi connectivity index (χ0n) is 18.0. The van der Waals surface area contributed by atoms with Gasteiger partial charge in [0.2, 0.25) is 16.0 Å². The minimum absolute atomic E-state index is 0.0410. The molecule has 0 bridgehead atoms. The number of sulfonamides is 1. The molecule has 1 aromatic carbocycles. The van der Waals surface area contributed by atoms with Gasteiger partial charge in [0.05, 0.1) is 42.2 Å². The van der Waals surface area contributed by atoms with Gasteiger partial charge in [0.15, 0.2) is 0 Å². The highest BCUT2D eigenvalue weighted by atomic mass is 32.2. The third kappa shape index (κ3) is 5.34. The second-order valence-corrected chi connectivity index (χ2v) is 10.4. The molecule has 32 heavy (non-hydrogen) atoms. The standard InChI is InChI=1S/C21H29N5O5S/c1-2-32(29,30)26-15-8-6-14(7-9-15)23-21-22-10-13-4-3-5-16(19(13)25-21)20(28)24-17-11-31-12-18(17)27/h3-5,10,14-15,17-18,26-27H,2,6-9,11-12H2,1H3,(H,24,28)(H,22,23,25)/t14?,15?,17-,18-/m0/s1. The summed E-state index contributed by atoms with van der Waals surface area (Å²) in [7, 11) is -3.20. The van der Waals surface area contributed by atoms with Crippen molar-refractivity contribution >= 4 is 32.8 Å². The SMILES string of the molecule is CCS(=O)(=O)NC1CCC(Nc2ncc3cccc(C(=O)N[C@H]4COC[C@@H]4O)c3n2)CC1. The number of anilines is 1. The van der Waals surface area contributed by atoms with Crippen LogP contribution in [0.5, 0.6) is 0 Å². The van der Waals surface area contributed by atoms with E-state index in [2.05, 4.69) is 25.3 Å². The number of aromatic nitrogens is 2. The maximum Gasteiger partial charge on any atom is 0.253 e. The fourth-order valence-electron chi connectivity index (χ4n) is 4.11. The summed E-state index contributed by atoms with van der Waals surface area (Å²) >= 11 is 0. The van der Waals surface area contributed by atoms with Crippen LogP contribution in [0.4, 0.5) is 5.95 Å². The Bertz CT molecular complexity index is 1070. The lowest BCUT2D eigenvalue weighted by Gasteiger charge is -2.29. The first kappa shape index (κ1) is 22.8. The van der Waals surface area contributed by atoms with Gasteiger partial charge in [-0.25, -0.2) is 23.1 Å². The Hall–Kier alpha value is -2.34. The monoisotopic (exact) mass is 463 g/mol. The zero-order valence-corrected chi connectivity index (χ0v) is 18.8. The largest absolute Gasteiger partial charge is 0.388 e. The summed E-state index contributed by atoms with van der Waals surface area (Å²) in [6.45, 7) is 2.11. The van der Waals surface area contributed by atoms with Crippen LogP contribution in [0.25, 0.3) is 10.9 Å². The third-order valence-corrected chi connectivity index (χ3v) is 7.46. The van der Waals surface area contributed by atoms with Crippen molar-refractivity contribution in [2.75, 3.05) is 24.3 Å². The molecule has 174 valence electrons. The number of benzene rings is 1. The number of nitrogens with one attached hydrogen (secondary N) is 3. The van der Waals surface area contributed by atoms with Crippen LogP contribution in [0, 0.1) is 0 Å². The van der Waals surface area contributed by atoms with Crippen molar-refractivity contribution in [3.8, 4) is 0 Å². The lowest BCUT2D eigenvalue weighted by Crippen LogP contribution is -2.42. The van der Waals surface area contributed by atoms with E-state index in [-0.39, 0.29) is 37.0 Å². The van der Waals surface area contributed by atoms with Crippen molar-refractivity contribution in [1.82, 2.24) is 20.0 Å². The van der Waals surface area contributed by atoms with E-state index in [1.54, 1.807) is 25.3 Å². The van der Waals surface area contributed by atoms with E-state index in [9.17, 15) is 18.3 Å². The highest BCUT2D eigenvalue weighted by Crippen LogP contribution is 2.23. The summed E-state index contributed by atoms with van der Waals surface area (Å²) in [5.41, 5.74) is 0.935. The summed E-state index contributed by atoms with van der Waals surface area (Å²) in [5, 5.41) is 16.8. The van der Waals surface area contributed by atoms with Crippen LogP contribution in [-0.4, -0.2) is 72.6 Å². The number of fused-ring (bicyclic) bond motifs is 1. The molecule has 2 aromatic rings. The number of nitrogens with zero attached hydrogens (tertiary/aromatic N) is 2. The van der Waals surface area contributed by atoms with Crippen molar-refractivity contribution in [3.05, 3.63) is 30.0 Å². The molecule has 1 aliphatic carbocycles. The zero-order chi connectivity index (χ0) is 22.7. The summed E-state index contributed by atoms with van der Waals surface area (Å²) in [6.07, 6.45) is 4.02. The van der Waals surface area contributed by atoms with Gasteiger partial charge in [-0.1, -0.05) is 12.1 Å². The Balaban J connectivity index is 1.43. The van der Waals surface area contributed by atoms with Crippen LogP contribution in [0.3, 0.4) is 0 Å². The molecule has 1 amide bonds. The number of carbonyl (C=O) groups excluding carboxylic acids is 1. The van der Waals surface area contributed by atoms with Crippen molar-refractivity contribution in [2.45, 2.75) is 56.8 Å². The molecule has 2 aliphatic rings. The molecule has 1 saturated carbocycles. The number of rotatable bonds is 7. The average Bonchev–Trinajstić information content (AvgIpc) is 3.18. The van der Waals surface area contributed by atoms with Gasteiger partial charge in [-0.05, 0) is 38.7 Å². The molecular formula is C21H29N5O5S. The Morgan fingerprint density at radius 3 is 2.62 bits per heavy atom. The maximum absolute atomic E-state index is 12.8. The topological polar surface area (TPSA) is 143 Å². The first-order valence-electron chi connectivity index (χ1n) is 10.9. The van der Waals surface area contributed by atoms with Crippen LogP contribution in [0.2, 0.25) is 0 Å². The van der Waals surface area contributed by atoms with Gasteiger partial charge in [-0.2, -0.15) is 0 Å². The van der Waals surface area contributed by atoms with E-state index in [0.29, 0.717) is 17.0 Å². The smallest absolute Gasteiger partial charge is 0.253 e. The molecule has 2 atom stereocenters. The average molecular weight is 464 g/mol. The number of ether oxygens (including phenoxy) is 1. The molecule has 2 heterocycles. The van der Waals surface area contributed by atoms with E-state index in [0.717, 1.165) is 31.1 Å². The van der Waals surface area contributed by atoms with Crippen LogP contribution >= 0.6 is 0 Å². The minimum Gasteiger partial charge on any atom is -0.388 e. The molecule has 1 aromatic heterocycles. The molecule has 11 heteroatoms. The Morgan fingerprint density at radius 1 is 1.19 bits per heavy atom. The van der Waals surface area contributed by atoms with Gasteiger partial charge in [-0.15, -0.1) is 0 Å². The summed E-state index contributed by atoms with van der Waals surface area (Å²) < 4.78 is 31.5. The van der Waals surface area contributed by atoms with Crippen LogP contribution < -0.4 is 15.4 Å². The number of amides is 1. The normalized spacial score (nSPS) is 26.2. The molecular weight excluding hydrogens is 434 g/mol. The van der Waals surface area contributed by atoms with Gasteiger partial charge in [0, 0.05) is 23.7 Å². The molecule has 10 nitrogen and oxygen atoms in total. The lowest BCUT2D eigenvalue weighted by atomic mass is 9.92. The summed E-state index contributed by atoms with van der Waals surface area (Å²) in [5.74, 6) is 0.191. The quantitative estimate of drug-likeness (QED) is 0.472. The molecule has 0 radical (unpaired) electrons. The van der Waals surface area contributed by atoms with Crippen molar-refractivity contribution in [3.63, 3.8) is 0 Å². The molecule has 0 spiro atoms. The van der Waals surface area contributed by atoms with Gasteiger partial charge < -0.3 is 20.5 Å². The predicted molar refractivity (Wildman–Crippen MR) is 120 cm³/mol. The summed E-state index contributed by atoms with van der Waals surface area (Å²) in [4.78, 5) is 21.8. The molecule has 4 rings (SSSR count). The van der Waals surface area contributed by atoms with Crippen LogP contribution in [0.1, 0.15) is 43.0 Å². The van der Waals surface area contributed by atoms with E-state index in [1.165, 1.54) is 0 Å². The number of carbonyl (C=O) groups is 1. The first-order chi connectivity index (χ1) is 15.3. The number of aliphatic hydroxyl groups is 1. The molecule has 1 saturated heterocycles. The number of aliphatic hydroxyl groups excluding tert-OH is 1. The molecule has 4 N–H and O–H groups in total. The lowest BCUT2D eigenvalue weighted by molar-refractivity contribution is 0.0888. The Kier molecular flexibility index (Phi) is 6.89. The van der Waals surface area contributed by atoms with Gasteiger partial charge in [0.1, 0.15) is 0 Å². The Labute approximate surface area is 187 Å². The van der Waals surface area contributed by atoms with Gasteiger partial charge in [0.25, 0.3) is 5.91 Å². The first-order valence-corrected chi connectivity index (χ1v) is 12.6. The van der Waals surface area contributed by atoms with E-state index < -0.39 is 22.2 Å². The van der Waals surface area contributed by atoms with Gasteiger partial charge >= 0.3 is 0 Å². The fraction of sp³-hybridized carbons (Fsp3) is 0.571. The summed E-state index contributed by atoms with van der Waals surface area (Å²) in [6, 6.07) is 4.95. The van der Waals surface area contributed by atoms with Crippen molar-refractivity contribution in [2.24, 2.45) is 0 Å². The molecule has 0 unspecified atom stereocenters. The van der Waals surface area contributed by atoms with Crippen LogP contribution in [-0.2, 0) is 14.8 Å². The number of para-hydroxylation sites is 1. The van der Waals surface area contributed by atoms with Gasteiger partial charge in [-0.3, -0.25) is 4.79 Å². The molecule has 1 aliphatic heterocycles. The second-order valence-electron chi connectivity index (χ2n) is 8.34. The second kappa shape index (κ2) is 9.65. The Morgan fingerprint density at radius 2 is 1.94 bits per heavy atom. The minimum atomic E-state index is -3.20. The van der Waals surface area contributed by atoms with Crippen molar-refractivity contribution in [1.29, 1.82) is 0 Å². The third-order valence-electron chi connectivity index (χ3n) is 6.01. The van der Waals surface area contributed by atoms with E-state index in [1.807, 2.05) is 6.07 Å². The molecule has 2 fully saturated rings. The van der Waals surface area contributed by atoms with Crippen LogP contribution in [0.15, 0.2) is 24.4 Å². The fourth-order valence-corrected chi connectivity index (χ4v) is 5.02. The highest BCUT2D eigenvalue weighted by Gasteiger charge is 2.29. The predicted octanol–water partition coefficient (Wildman–Crippen LogP) is 0.782. The highest BCUT2D eigenvalue weighted by molar-refractivity contribution is 7.89. The van der Waals surface area contributed by atoms with Crippen molar-refractivity contribution < 1.29 is 23.1 Å². The van der Waals surface area contributed by atoms with E-state index >= 15 is 0 Å².